The maximum absolute atomic E-state index is 12.2. The van der Waals surface area contributed by atoms with Gasteiger partial charge in [-0.1, -0.05) is 29.3 Å². The van der Waals surface area contributed by atoms with Gasteiger partial charge in [0.25, 0.3) is 0 Å². The van der Waals surface area contributed by atoms with Crippen LogP contribution < -0.4 is 5.32 Å². The third-order valence-corrected chi connectivity index (χ3v) is 4.92. The summed E-state index contributed by atoms with van der Waals surface area (Å²) in [6.45, 7) is 1.99. The van der Waals surface area contributed by atoms with E-state index >= 15 is 0 Å². The fraction of sp³-hybridized carbons (Fsp3) is 0.158. The summed E-state index contributed by atoms with van der Waals surface area (Å²) < 4.78 is 6.55. The number of carbonyl (C=O) groups is 1. The smallest absolute Gasteiger partial charge is 0.224 e. The Hall–Kier alpha value is -1.82. The predicted molar refractivity (Wildman–Crippen MR) is 108 cm³/mol. The third kappa shape index (κ3) is 4.67. The number of nitrogens with one attached hydrogen (secondary N) is 1. The molecular weight excluding hydrogens is 439 g/mol. The van der Waals surface area contributed by atoms with Crippen molar-refractivity contribution in [3.05, 3.63) is 68.6 Å². The minimum absolute atomic E-state index is 0.112. The molecule has 1 heterocycles. The Morgan fingerprint density at radius 1 is 1.23 bits per heavy atom. The molecule has 0 unspecified atom stereocenters. The molecule has 0 saturated heterocycles. The molecule has 0 saturated carbocycles. The summed E-state index contributed by atoms with van der Waals surface area (Å²) in [7, 11) is 0. The van der Waals surface area contributed by atoms with Crippen molar-refractivity contribution < 1.29 is 9.21 Å². The van der Waals surface area contributed by atoms with Crippen molar-refractivity contribution in [1.82, 2.24) is 4.98 Å². The van der Waals surface area contributed by atoms with Gasteiger partial charge < -0.3 is 9.73 Å². The van der Waals surface area contributed by atoms with Crippen molar-refractivity contribution in [2.75, 3.05) is 5.32 Å². The highest BCUT2D eigenvalue weighted by molar-refractivity contribution is 9.10. The van der Waals surface area contributed by atoms with Gasteiger partial charge in [-0.2, -0.15) is 0 Å². The van der Waals surface area contributed by atoms with Gasteiger partial charge in [0.1, 0.15) is 0 Å². The Morgan fingerprint density at radius 2 is 2.04 bits per heavy atom. The van der Waals surface area contributed by atoms with E-state index in [4.69, 9.17) is 27.6 Å². The molecule has 0 spiro atoms. The number of aryl methyl sites for hydroxylation is 2. The van der Waals surface area contributed by atoms with Crippen LogP contribution in [0.2, 0.25) is 10.0 Å². The monoisotopic (exact) mass is 452 g/mol. The number of anilines is 1. The van der Waals surface area contributed by atoms with Crippen LogP contribution in [0.25, 0.3) is 11.3 Å². The number of benzene rings is 2. The van der Waals surface area contributed by atoms with Crippen LogP contribution in [-0.4, -0.2) is 10.9 Å². The third-order valence-electron chi connectivity index (χ3n) is 3.71. The summed E-state index contributed by atoms with van der Waals surface area (Å²) in [5.41, 5.74) is 2.56. The van der Waals surface area contributed by atoms with Crippen molar-refractivity contribution in [2.24, 2.45) is 0 Å². The molecule has 0 aliphatic heterocycles. The molecule has 0 fully saturated rings. The Morgan fingerprint density at radius 3 is 2.77 bits per heavy atom. The topological polar surface area (TPSA) is 55.1 Å². The first-order valence-corrected chi connectivity index (χ1v) is 9.43. The Bertz CT molecular complexity index is 956. The van der Waals surface area contributed by atoms with Gasteiger partial charge in [-0.25, -0.2) is 4.98 Å². The lowest BCUT2D eigenvalue weighted by Gasteiger charge is -2.07. The van der Waals surface area contributed by atoms with E-state index in [1.165, 1.54) is 0 Å². The first kappa shape index (κ1) is 19.0. The minimum atomic E-state index is -0.112. The number of aromatic nitrogens is 1. The van der Waals surface area contributed by atoms with Gasteiger partial charge in [0.15, 0.2) is 11.7 Å². The van der Waals surface area contributed by atoms with Crippen molar-refractivity contribution in [1.29, 1.82) is 0 Å². The summed E-state index contributed by atoms with van der Waals surface area (Å²) in [5.74, 6) is 0.909. The van der Waals surface area contributed by atoms with Crippen molar-refractivity contribution in [2.45, 2.75) is 19.8 Å². The normalized spacial score (nSPS) is 10.8. The summed E-state index contributed by atoms with van der Waals surface area (Å²) in [6, 6.07) is 10.9. The zero-order chi connectivity index (χ0) is 18.7. The number of rotatable bonds is 5. The lowest BCUT2D eigenvalue weighted by molar-refractivity contribution is -0.116. The van der Waals surface area contributed by atoms with Gasteiger partial charge in [-0.15, -0.1) is 0 Å². The summed E-state index contributed by atoms with van der Waals surface area (Å²) in [5, 5.41) is 3.91. The molecule has 1 amide bonds. The molecule has 3 aromatic rings. The highest BCUT2D eigenvalue weighted by Crippen LogP contribution is 2.31. The van der Waals surface area contributed by atoms with Crippen LogP contribution in [0.5, 0.6) is 0 Å². The lowest BCUT2D eigenvalue weighted by atomic mass is 10.2. The van der Waals surface area contributed by atoms with E-state index < -0.39 is 0 Å². The Labute approximate surface area is 169 Å². The zero-order valence-electron chi connectivity index (χ0n) is 13.9. The van der Waals surface area contributed by atoms with Crippen LogP contribution >= 0.6 is 39.1 Å². The largest absolute Gasteiger partial charge is 0.441 e. The van der Waals surface area contributed by atoms with Crippen LogP contribution in [0, 0.1) is 6.92 Å². The summed E-state index contributed by atoms with van der Waals surface area (Å²) in [4.78, 5) is 16.4. The zero-order valence-corrected chi connectivity index (χ0v) is 17.0. The average Bonchev–Trinajstić information content (AvgIpc) is 3.04. The van der Waals surface area contributed by atoms with Gasteiger partial charge >= 0.3 is 0 Å². The fourth-order valence-electron chi connectivity index (χ4n) is 2.39. The quantitative estimate of drug-likeness (QED) is 0.493. The number of halogens is 3. The molecule has 26 heavy (non-hydrogen) atoms. The van der Waals surface area contributed by atoms with Gasteiger partial charge in [0.05, 0.1) is 16.9 Å². The van der Waals surface area contributed by atoms with Crippen molar-refractivity contribution >= 4 is 50.7 Å². The summed E-state index contributed by atoms with van der Waals surface area (Å²) >= 11 is 15.5. The number of oxazole rings is 1. The van der Waals surface area contributed by atoms with Gasteiger partial charge in [-0.05, 0) is 58.7 Å². The number of carbonyl (C=O) groups excluding carboxylic acids is 1. The fourth-order valence-corrected chi connectivity index (χ4v) is 3.49. The lowest BCUT2D eigenvalue weighted by Crippen LogP contribution is -2.12. The van der Waals surface area contributed by atoms with Crippen molar-refractivity contribution in [3.8, 4) is 11.3 Å². The van der Waals surface area contributed by atoms with Crippen molar-refractivity contribution in [3.63, 3.8) is 0 Å². The molecule has 4 nitrogen and oxygen atoms in total. The Kier molecular flexibility index (Phi) is 6.01. The molecule has 0 aliphatic rings. The number of nitrogens with zero attached hydrogens (tertiary/aromatic N) is 1. The number of hydrogen-bond donors (Lipinski definition) is 1. The molecule has 0 aliphatic carbocycles. The molecule has 0 atom stereocenters. The van der Waals surface area contributed by atoms with Gasteiger partial charge in [0, 0.05) is 27.9 Å². The molecule has 0 radical (unpaired) electrons. The molecule has 1 aromatic heterocycles. The first-order valence-electron chi connectivity index (χ1n) is 7.88. The van der Waals surface area contributed by atoms with E-state index in [0.29, 0.717) is 33.7 Å². The standard InChI is InChI=1S/C19H15BrCl2N2O2/c1-11-2-5-16(14(20)8-11)24-18(25)6-7-19-23-10-17(26-19)13-4-3-12(21)9-15(13)22/h2-5,8-10H,6-7H2,1H3,(H,24,25). The highest BCUT2D eigenvalue weighted by atomic mass is 79.9. The highest BCUT2D eigenvalue weighted by Gasteiger charge is 2.12. The van der Waals surface area contributed by atoms with Crippen LogP contribution in [0.15, 0.2) is 51.5 Å². The second kappa shape index (κ2) is 8.25. The molecule has 2 aromatic carbocycles. The SMILES string of the molecule is Cc1ccc(NC(=O)CCc2ncc(-c3ccc(Cl)cc3Cl)o2)c(Br)c1. The number of hydrogen-bond acceptors (Lipinski definition) is 3. The molecule has 0 bridgehead atoms. The molecular formula is C19H15BrCl2N2O2. The second-order valence-electron chi connectivity index (χ2n) is 5.77. The average molecular weight is 454 g/mol. The minimum Gasteiger partial charge on any atom is -0.441 e. The number of amides is 1. The van der Waals surface area contributed by atoms with E-state index in [2.05, 4.69) is 26.2 Å². The van der Waals surface area contributed by atoms with Crippen LogP contribution in [0.1, 0.15) is 17.9 Å². The molecule has 3 rings (SSSR count). The predicted octanol–water partition coefficient (Wildman–Crippen LogP) is 6.29. The maximum atomic E-state index is 12.2. The molecule has 134 valence electrons. The molecule has 1 N–H and O–H groups in total. The summed E-state index contributed by atoms with van der Waals surface area (Å²) in [6.07, 6.45) is 2.24. The van der Waals surface area contributed by atoms with E-state index in [9.17, 15) is 4.79 Å². The van der Waals surface area contributed by atoms with Gasteiger partial charge in [0.2, 0.25) is 5.91 Å². The maximum Gasteiger partial charge on any atom is 0.224 e. The molecule has 7 heteroatoms. The second-order valence-corrected chi connectivity index (χ2v) is 7.47. The van der Waals surface area contributed by atoms with E-state index in [0.717, 1.165) is 15.7 Å². The van der Waals surface area contributed by atoms with E-state index in [1.54, 1.807) is 24.4 Å². The first-order chi connectivity index (χ1) is 12.4. The van der Waals surface area contributed by atoms with Crippen LogP contribution in [-0.2, 0) is 11.2 Å². The van der Waals surface area contributed by atoms with Crippen LogP contribution in [0.4, 0.5) is 5.69 Å². The van der Waals surface area contributed by atoms with E-state index in [1.807, 2.05) is 25.1 Å². The Balaban J connectivity index is 1.61. The van der Waals surface area contributed by atoms with E-state index in [-0.39, 0.29) is 12.3 Å². The van der Waals surface area contributed by atoms with Crippen LogP contribution in [0.3, 0.4) is 0 Å². The van der Waals surface area contributed by atoms with Gasteiger partial charge in [-0.3, -0.25) is 4.79 Å².